The molecular formula is C25H27FN4O2. The molecule has 1 heterocycles. The zero-order chi connectivity index (χ0) is 22.8. The lowest BCUT2D eigenvalue weighted by molar-refractivity contribution is -0.116. The number of hydrogen-bond acceptors (Lipinski definition) is 3. The van der Waals surface area contributed by atoms with Crippen LogP contribution >= 0.6 is 0 Å². The number of carbonyl (C=O) groups is 2. The van der Waals surface area contributed by atoms with E-state index >= 15 is 0 Å². The van der Waals surface area contributed by atoms with Crippen molar-refractivity contribution < 1.29 is 14.0 Å². The van der Waals surface area contributed by atoms with Gasteiger partial charge < -0.3 is 10.2 Å². The van der Waals surface area contributed by atoms with Gasteiger partial charge in [-0.1, -0.05) is 18.2 Å². The first-order valence-corrected chi connectivity index (χ1v) is 10.8. The van der Waals surface area contributed by atoms with Crippen molar-refractivity contribution in [3.63, 3.8) is 0 Å². The Kier molecular flexibility index (Phi) is 6.08. The SMILES string of the molecule is Cc1cccc(C)c1NC(=O)CN(C)C(=O)c1nn(-c2ccc(F)cc2)c2c1CCCC2. The van der Waals surface area contributed by atoms with Gasteiger partial charge in [0.1, 0.15) is 5.82 Å². The Labute approximate surface area is 187 Å². The van der Waals surface area contributed by atoms with Crippen molar-refractivity contribution in [3.8, 4) is 5.69 Å². The fourth-order valence-corrected chi connectivity index (χ4v) is 4.23. The Bertz CT molecular complexity index is 1150. The van der Waals surface area contributed by atoms with E-state index in [9.17, 15) is 14.0 Å². The maximum Gasteiger partial charge on any atom is 0.274 e. The summed E-state index contributed by atoms with van der Waals surface area (Å²) in [4.78, 5) is 27.3. The molecule has 0 spiro atoms. The van der Waals surface area contributed by atoms with Crippen LogP contribution in [0.1, 0.15) is 45.7 Å². The van der Waals surface area contributed by atoms with Crippen molar-refractivity contribution >= 4 is 17.5 Å². The molecule has 2 amide bonds. The number of para-hydroxylation sites is 1. The van der Waals surface area contributed by atoms with Crippen molar-refractivity contribution in [1.29, 1.82) is 0 Å². The second-order valence-corrected chi connectivity index (χ2v) is 8.35. The van der Waals surface area contributed by atoms with Gasteiger partial charge in [-0.2, -0.15) is 5.10 Å². The summed E-state index contributed by atoms with van der Waals surface area (Å²) in [5, 5.41) is 7.52. The van der Waals surface area contributed by atoms with Gasteiger partial charge in [0, 0.05) is 24.0 Å². The fraction of sp³-hybridized carbons (Fsp3) is 0.320. The van der Waals surface area contributed by atoms with E-state index in [4.69, 9.17) is 0 Å². The summed E-state index contributed by atoms with van der Waals surface area (Å²) in [6.07, 6.45) is 3.57. The van der Waals surface area contributed by atoms with Gasteiger partial charge in [-0.15, -0.1) is 0 Å². The smallest absolute Gasteiger partial charge is 0.274 e. The molecule has 0 saturated heterocycles. The highest BCUT2D eigenvalue weighted by molar-refractivity contribution is 5.99. The standard InChI is InChI=1S/C25H27FN4O2/c1-16-7-6-8-17(2)23(16)27-22(31)15-29(3)25(32)24-20-9-4-5-10-21(20)30(28-24)19-13-11-18(26)12-14-19/h6-8,11-14H,4-5,9-10,15H2,1-3H3,(H,27,31). The zero-order valence-corrected chi connectivity index (χ0v) is 18.6. The molecule has 0 unspecified atom stereocenters. The predicted octanol–water partition coefficient (Wildman–Crippen LogP) is 4.22. The minimum Gasteiger partial charge on any atom is -0.331 e. The number of likely N-dealkylation sites (N-methyl/N-ethyl adjacent to an activating group) is 1. The summed E-state index contributed by atoms with van der Waals surface area (Å²) < 4.78 is 15.1. The Balaban J connectivity index is 1.56. The molecule has 0 fully saturated rings. The monoisotopic (exact) mass is 434 g/mol. The molecule has 0 atom stereocenters. The number of anilines is 1. The van der Waals surface area contributed by atoms with E-state index in [0.717, 1.165) is 59.4 Å². The first kappa shape index (κ1) is 21.7. The third-order valence-corrected chi connectivity index (χ3v) is 5.93. The molecule has 7 heteroatoms. The molecule has 1 aliphatic carbocycles. The third kappa shape index (κ3) is 4.28. The molecule has 4 rings (SSSR count). The second-order valence-electron chi connectivity index (χ2n) is 8.35. The number of fused-ring (bicyclic) bond motifs is 1. The summed E-state index contributed by atoms with van der Waals surface area (Å²) >= 11 is 0. The average molecular weight is 435 g/mol. The van der Waals surface area contributed by atoms with Gasteiger partial charge in [0.2, 0.25) is 5.91 Å². The number of aryl methyl sites for hydroxylation is 2. The van der Waals surface area contributed by atoms with Gasteiger partial charge in [0.15, 0.2) is 5.69 Å². The molecular weight excluding hydrogens is 407 g/mol. The molecule has 32 heavy (non-hydrogen) atoms. The van der Waals surface area contributed by atoms with Gasteiger partial charge >= 0.3 is 0 Å². The van der Waals surface area contributed by atoms with Crippen LogP contribution in [0.3, 0.4) is 0 Å². The van der Waals surface area contributed by atoms with Crippen molar-refractivity contribution in [2.75, 3.05) is 18.9 Å². The molecule has 1 N–H and O–H groups in total. The van der Waals surface area contributed by atoms with Crippen molar-refractivity contribution in [2.24, 2.45) is 0 Å². The third-order valence-electron chi connectivity index (χ3n) is 5.93. The lowest BCUT2D eigenvalue weighted by Gasteiger charge is -2.18. The number of carbonyl (C=O) groups excluding carboxylic acids is 2. The number of nitrogens with one attached hydrogen (secondary N) is 1. The van der Waals surface area contributed by atoms with Gasteiger partial charge in [0.05, 0.1) is 12.2 Å². The van der Waals surface area contributed by atoms with E-state index in [-0.39, 0.29) is 24.2 Å². The van der Waals surface area contributed by atoms with Crippen LogP contribution in [0.5, 0.6) is 0 Å². The Hall–Kier alpha value is -3.48. The fourth-order valence-electron chi connectivity index (χ4n) is 4.23. The summed E-state index contributed by atoms with van der Waals surface area (Å²) in [7, 11) is 1.61. The van der Waals surface area contributed by atoms with Crippen LogP contribution in [-0.4, -0.2) is 40.1 Å². The lowest BCUT2D eigenvalue weighted by Crippen LogP contribution is -2.36. The molecule has 166 valence electrons. The zero-order valence-electron chi connectivity index (χ0n) is 18.6. The number of rotatable bonds is 5. The van der Waals surface area contributed by atoms with Gasteiger partial charge in [0.25, 0.3) is 5.91 Å². The van der Waals surface area contributed by atoms with Crippen LogP contribution in [0.25, 0.3) is 5.69 Å². The van der Waals surface area contributed by atoms with E-state index in [1.807, 2.05) is 32.0 Å². The summed E-state index contributed by atoms with van der Waals surface area (Å²) in [6.45, 7) is 3.79. The number of nitrogens with zero attached hydrogens (tertiary/aromatic N) is 3. The Morgan fingerprint density at radius 3 is 2.41 bits per heavy atom. The second kappa shape index (κ2) is 8.94. The Morgan fingerprint density at radius 1 is 1.06 bits per heavy atom. The minimum atomic E-state index is -0.319. The van der Waals surface area contributed by atoms with E-state index in [0.29, 0.717) is 5.69 Å². The number of aromatic nitrogens is 2. The van der Waals surface area contributed by atoms with E-state index in [1.54, 1.807) is 23.9 Å². The Morgan fingerprint density at radius 2 is 1.72 bits per heavy atom. The first-order valence-electron chi connectivity index (χ1n) is 10.8. The van der Waals surface area contributed by atoms with Crippen LogP contribution in [0.4, 0.5) is 10.1 Å². The van der Waals surface area contributed by atoms with Gasteiger partial charge in [-0.3, -0.25) is 9.59 Å². The molecule has 0 bridgehead atoms. The van der Waals surface area contributed by atoms with Crippen LogP contribution in [-0.2, 0) is 17.6 Å². The topological polar surface area (TPSA) is 67.2 Å². The molecule has 6 nitrogen and oxygen atoms in total. The molecule has 1 aromatic heterocycles. The maximum atomic E-state index is 13.4. The molecule has 0 saturated carbocycles. The molecule has 1 aliphatic rings. The van der Waals surface area contributed by atoms with Crippen LogP contribution in [0.15, 0.2) is 42.5 Å². The molecule has 2 aromatic carbocycles. The van der Waals surface area contributed by atoms with E-state index in [1.165, 1.54) is 17.0 Å². The molecule has 0 radical (unpaired) electrons. The van der Waals surface area contributed by atoms with E-state index in [2.05, 4.69) is 10.4 Å². The van der Waals surface area contributed by atoms with E-state index < -0.39 is 0 Å². The summed E-state index contributed by atoms with van der Waals surface area (Å²) in [5.74, 6) is -0.869. The number of benzene rings is 2. The van der Waals surface area contributed by atoms with Crippen LogP contribution in [0.2, 0.25) is 0 Å². The number of amides is 2. The van der Waals surface area contributed by atoms with Gasteiger partial charge in [-0.05, 0) is 74.9 Å². The highest BCUT2D eigenvalue weighted by Gasteiger charge is 2.28. The number of halogens is 1. The largest absolute Gasteiger partial charge is 0.331 e. The quantitative estimate of drug-likeness (QED) is 0.654. The molecule has 0 aliphatic heterocycles. The predicted molar refractivity (Wildman–Crippen MR) is 122 cm³/mol. The first-order chi connectivity index (χ1) is 15.3. The average Bonchev–Trinajstić information content (AvgIpc) is 3.16. The lowest BCUT2D eigenvalue weighted by atomic mass is 9.95. The number of hydrogen-bond donors (Lipinski definition) is 1. The van der Waals surface area contributed by atoms with Crippen LogP contribution < -0.4 is 5.32 Å². The summed E-state index contributed by atoms with van der Waals surface area (Å²) in [5.41, 5.74) is 5.72. The van der Waals surface area contributed by atoms with Crippen molar-refractivity contribution in [2.45, 2.75) is 39.5 Å². The van der Waals surface area contributed by atoms with Crippen molar-refractivity contribution in [3.05, 3.63) is 76.4 Å². The van der Waals surface area contributed by atoms with Crippen LogP contribution in [0, 0.1) is 19.7 Å². The highest BCUT2D eigenvalue weighted by atomic mass is 19.1. The maximum absolute atomic E-state index is 13.4. The molecule has 3 aromatic rings. The van der Waals surface area contributed by atoms with Crippen molar-refractivity contribution in [1.82, 2.24) is 14.7 Å². The normalized spacial score (nSPS) is 12.9. The summed E-state index contributed by atoms with van der Waals surface area (Å²) in [6, 6.07) is 11.9. The van der Waals surface area contributed by atoms with Gasteiger partial charge in [-0.25, -0.2) is 9.07 Å². The highest BCUT2D eigenvalue weighted by Crippen LogP contribution is 2.28. The minimum absolute atomic E-state index is 0.0786.